The van der Waals surface area contributed by atoms with Crippen molar-refractivity contribution < 1.29 is 27.3 Å². The van der Waals surface area contributed by atoms with E-state index in [0.717, 1.165) is 12.1 Å². The standard InChI is InChI=1S/C16H12ClF4N3O3/c1-8(15(25)23-13-7-10(17)3-4-11(13)18)22-12-5-2-9(16(19,20)21)6-14(12)24(26)27/h2-8,22H,1H3,(H,23,25). The predicted octanol–water partition coefficient (Wildman–Crippen LogP) is 4.85. The van der Waals surface area contributed by atoms with Gasteiger partial charge in [-0.1, -0.05) is 11.6 Å². The monoisotopic (exact) mass is 405 g/mol. The number of anilines is 2. The fourth-order valence-corrected chi connectivity index (χ4v) is 2.29. The van der Waals surface area contributed by atoms with Gasteiger partial charge in [0.05, 0.1) is 16.2 Å². The van der Waals surface area contributed by atoms with E-state index in [1.54, 1.807) is 0 Å². The molecule has 144 valence electrons. The van der Waals surface area contributed by atoms with Crippen molar-refractivity contribution in [3.8, 4) is 0 Å². The van der Waals surface area contributed by atoms with Crippen molar-refractivity contribution in [3.05, 3.63) is 62.9 Å². The number of carbonyl (C=O) groups is 1. The third-order valence-corrected chi connectivity index (χ3v) is 3.71. The molecule has 0 radical (unpaired) electrons. The molecule has 1 atom stereocenters. The molecule has 2 N–H and O–H groups in total. The highest BCUT2D eigenvalue weighted by atomic mass is 35.5. The molecule has 0 bridgehead atoms. The van der Waals surface area contributed by atoms with Crippen molar-refractivity contribution in [2.24, 2.45) is 0 Å². The van der Waals surface area contributed by atoms with Crippen molar-refractivity contribution >= 4 is 34.6 Å². The van der Waals surface area contributed by atoms with Crippen molar-refractivity contribution in [2.75, 3.05) is 10.6 Å². The maximum absolute atomic E-state index is 13.7. The number of hydrogen-bond acceptors (Lipinski definition) is 4. The molecule has 1 unspecified atom stereocenters. The lowest BCUT2D eigenvalue weighted by Crippen LogP contribution is -2.32. The van der Waals surface area contributed by atoms with Gasteiger partial charge in [-0.3, -0.25) is 14.9 Å². The Kier molecular flexibility index (Phi) is 5.89. The maximum atomic E-state index is 13.7. The topological polar surface area (TPSA) is 84.3 Å². The lowest BCUT2D eigenvalue weighted by molar-refractivity contribution is -0.384. The highest BCUT2D eigenvalue weighted by Crippen LogP contribution is 2.35. The Morgan fingerprint density at radius 3 is 2.44 bits per heavy atom. The highest BCUT2D eigenvalue weighted by molar-refractivity contribution is 6.30. The first kappa shape index (κ1) is 20.4. The number of rotatable bonds is 5. The number of nitro benzene ring substituents is 1. The van der Waals surface area contributed by atoms with Crippen LogP contribution in [0.1, 0.15) is 12.5 Å². The highest BCUT2D eigenvalue weighted by Gasteiger charge is 2.33. The Morgan fingerprint density at radius 1 is 1.19 bits per heavy atom. The van der Waals surface area contributed by atoms with Gasteiger partial charge in [-0.05, 0) is 37.3 Å². The van der Waals surface area contributed by atoms with Crippen molar-refractivity contribution in [2.45, 2.75) is 19.1 Å². The second kappa shape index (κ2) is 7.78. The average Bonchev–Trinajstić information content (AvgIpc) is 2.57. The molecule has 27 heavy (non-hydrogen) atoms. The maximum Gasteiger partial charge on any atom is 0.416 e. The Balaban J connectivity index is 2.21. The summed E-state index contributed by atoms with van der Waals surface area (Å²) >= 11 is 5.72. The van der Waals surface area contributed by atoms with Crippen LogP contribution in [0.4, 0.5) is 34.6 Å². The average molecular weight is 406 g/mol. The minimum atomic E-state index is -4.75. The summed E-state index contributed by atoms with van der Waals surface area (Å²) in [6, 6.07) is 4.22. The number of alkyl halides is 3. The van der Waals surface area contributed by atoms with Gasteiger partial charge in [-0.25, -0.2) is 4.39 Å². The zero-order valence-electron chi connectivity index (χ0n) is 13.6. The number of nitrogens with zero attached hydrogens (tertiary/aromatic N) is 1. The first-order valence-electron chi connectivity index (χ1n) is 7.37. The van der Waals surface area contributed by atoms with E-state index in [1.807, 2.05) is 0 Å². The molecule has 0 aromatic heterocycles. The number of nitro groups is 1. The zero-order chi connectivity index (χ0) is 20.4. The van der Waals surface area contributed by atoms with Crippen LogP contribution < -0.4 is 10.6 Å². The molecule has 2 aromatic carbocycles. The van der Waals surface area contributed by atoms with Gasteiger partial charge in [-0.15, -0.1) is 0 Å². The second-order valence-corrected chi connectivity index (χ2v) is 5.90. The molecule has 0 saturated heterocycles. The van der Waals surface area contributed by atoms with Crippen LogP contribution in [0.15, 0.2) is 36.4 Å². The molecular formula is C16H12ClF4N3O3. The van der Waals surface area contributed by atoms with Crippen LogP contribution in [0.2, 0.25) is 5.02 Å². The number of amides is 1. The first-order chi connectivity index (χ1) is 12.5. The van der Waals surface area contributed by atoms with Gasteiger partial charge >= 0.3 is 6.18 Å². The van der Waals surface area contributed by atoms with E-state index >= 15 is 0 Å². The third-order valence-electron chi connectivity index (χ3n) is 3.47. The van der Waals surface area contributed by atoms with Gasteiger partial charge in [0.15, 0.2) is 0 Å². The van der Waals surface area contributed by atoms with Crippen molar-refractivity contribution in [1.82, 2.24) is 0 Å². The van der Waals surface area contributed by atoms with Gasteiger partial charge in [-0.2, -0.15) is 13.2 Å². The predicted molar refractivity (Wildman–Crippen MR) is 91.2 cm³/mol. The molecule has 1 amide bonds. The molecule has 0 fully saturated rings. The lowest BCUT2D eigenvalue weighted by Gasteiger charge is -2.16. The lowest BCUT2D eigenvalue weighted by atomic mass is 10.1. The van der Waals surface area contributed by atoms with Crippen LogP contribution in [0.3, 0.4) is 0 Å². The largest absolute Gasteiger partial charge is 0.416 e. The van der Waals surface area contributed by atoms with Gasteiger partial charge in [0.25, 0.3) is 5.69 Å². The Bertz CT molecular complexity index is 890. The van der Waals surface area contributed by atoms with E-state index in [9.17, 15) is 32.5 Å². The number of carbonyl (C=O) groups excluding carboxylic acids is 1. The number of nitrogens with one attached hydrogen (secondary N) is 2. The molecule has 0 aliphatic heterocycles. The summed E-state index contributed by atoms with van der Waals surface area (Å²) in [5, 5.41) is 15.9. The number of hydrogen-bond donors (Lipinski definition) is 2. The molecule has 11 heteroatoms. The molecule has 0 aliphatic carbocycles. The van der Waals surface area contributed by atoms with E-state index in [4.69, 9.17) is 11.6 Å². The SMILES string of the molecule is CC(Nc1ccc(C(F)(F)F)cc1[N+](=O)[O-])C(=O)Nc1cc(Cl)ccc1F. The molecule has 6 nitrogen and oxygen atoms in total. The summed E-state index contributed by atoms with van der Waals surface area (Å²) in [4.78, 5) is 22.2. The van der Waals surface area contributed by atoms with Crippen LogP contribution in [-0.4, -0.2) is 16.9 Å². The smallest absolute Gasteiger partial charge is 0.368 e. The number of benzene rings is 2. The van der Waals surface area contributed by atoms with Gasteiger partial charge in [0.1, 0.15) is 17.5 Å². The molecule has 0 spiro atoms. The Labute approximate surface area is 155 Å². The summed E-state index contributed by atoms with van der Waals surface area (Å²) in [6.45, 7) is 1.30. The summed E-state index contributed by atoms with van der Waals surface area (Å²) < 4.78 is 51.8. The van der Waals surface area contributed by atoms with E-state index in [0.29, 0.717) is 12.1 Å². The fourth-order valence-electron chi connectivity index (χ4n) is 2.11. The summed E-state index contributed by atoms with van der Waals surface area (Å²) in [5.41, 5.74) is -2.54. The van der Waals surface area contributed by atoms with Gasteiger partial charge in [0, 0.05) is 11.1 Å². The Morgan fingerprint density at radius 2 is 1.85 bits per heavy atom. The third kappa shape index (κ3) is 5.07. The van der Waals surface area contributed by atoms with E-state index in [1.165, 1.54) is 19.1 Å². The molecular weight excluding hydrogens is 394 g/mol. The molecule has 2 aromatic rings. The molecule has 0 aliphatic rings. The van der Waals surface area contributed by atoms with Crippen LogP contribution >= 0.6 is 11.6 Å². The Hall–Kier alpha value is -2.88. The van der Waals surface area contributed by atoms with Crippen LogP contribution in [0.25, 0.3) is 0 Å². The van der Waals surface area contributed by atoms with Crippen LogP contribution in [-0.2, 0) is 11.0 Å². The summed E-state index contributed by atoms with van der Waals surface area (Å²) in [6.07, 6.45) is -4.75. The normalized spacial score (nSPS) is 12.4. The molecule has 2 rings (SSSR count). The van der Waals surface area contributed by atoms with Gasteiger partial charge in [0.2, 0.25) is 5.91 Å². The second-order valence-electron chi connectivity index (χ2n) is 5.47. The summed E-state index contributed by atoms with van der Waals surface area (Å²) in [5.74, 6) is -1.52. The minimum Gasteiger partial charge on any atom is -0.368 e. The van der Waals surface area contributed by atoms with E-state index in [-0.39, 0.29) is 16.4 Å². The zero-order valence-corrected chi connectivity index (χ0v) is 14.4. The molecule has 0 heterocycles. The van der Waals surface area contributed by atoms with Crippen LogP contribution in [0.5, 0.6) is 0 Å². The summed E-state index contributed by atoms with van der Waals surface area (Å²) in [7, 11) is 0. The van der Waals surface area contributed by atoms with E-state index in [2.05, 4.69) is 10.6 Å². The van der Waals surface area contributed by atoms with Crippen LogP contribution in [0, 0.1) is 15.9 Å². The first-order valence-corrected chi connectivity index (χ1v) is 7.75. The fraction of sp³-hybridized carbons (Fsp3) is 0.188. The number of halogens is 5. The molecule has 0 saturated carbocycles. The van der Waals surface area contributed by atoms with E-state index < -0.39 is 40.1 Å². The quantitative estimate of drug-likeness (QED) is 0.423. The van der Waals surface area contributed by atoms with Crippen molar-refractivity contribution in [3.63, 3.8) is 0 Å². The van der Waals surface area contributed by atoms with Crippen molar-refractivity contribution in [1.29, 1.82) is 0 Å². The van der Waals surface area contributed by atoms with Gasteiger partial charge < -0.3 is 10.6 Å². The minimum absolute atomic E-state index is 0.172.